The third kappa shape index (κ3) is 3.00. The van der Waals surface area contributed by atoms with Crippen LogP contribution in [0.25, 0.3) is 0 Å². The van der Waals surface area contributed by atoms with Crippen LogP contribution in [0.4, 0.5) is 8.78 Å². The number of nitrogens with zero attached hydrogens (tertiary/aromatic N) is 1. The number of hydrogen-bond acceptors (Lipinski definition) is 3. The molecule has 0 atom stereocenters. The largest absolute Gasteiger partial charge is 0.275 e. The van der Waals surface area contributed by atoms with E-state index in [0.717, 1.165) is 0 Å². The monoisotopic (exact) mass is 179 g/mol. The van der Waals surface area contributed by atoms with Crippen molar-refractivity contribution >= 4 is 0 Å². The smallest absolute Gasteiger partial charge is 0.239 e. The Morgan fingerprint density at radius 3 is 2.08 bits per heavy atom. The Hall–Kier alpha value is -0.260. The van der Waals surface area contributed by atoms with Gasteiger partial charge in [-0.3, -0.25) is 0 Å². The van der Waals surface area contributed by atoms with Crippen LogP contribution in [0.2, 0.25) is 0 Å². The highest BCUT2D eigenvalue weighted by molar-refractivity contribution is 4.84. The summed E-state index contributed by atoms with van der Waals surface area (Å²) in [5.41, 5.74) is 5.52. The highest BCUT2D eigenvalue weighted by atomic mass is 19.3. The molecule has 0 amide bonds. The van der Waals surface area contributed by atoms with Gasteiger partial charge in [-0.15, -0.1) is 0 Å². The van der Waals surface area contributed by atoms with E-state index in [-0.39, 0.29) is 18.6 Å². The van der Waals surface area contributed by atoms with Gasteiger partial charge in [0.05, 0.1) is 13.1 Å². The van der Waals surface area contributed by atoms with E-state index in [0.29, 0.717) is 0 Å². The van der Waals surface area contributed by atoms with Gasteiger partial charge in [-0.05, 0) is 20.8 Å². The number of hydrogen-bond donors (Lipinski definition) is 2. The van der Waals surface area contributed by atoms with E-state index >= 15 is 0 Å². The van der Waals surface area contributed by atoms with Crippen molar-refractivity contribution in [2.75, 3.05) is 13.1 Å². The average Bonchev–Trinajstić information content (AvgIpc) is 1.76. The highest BCUT2D eigenvalue weighted by Crippen LogP contribution is 2.24. The van der Waals surface area contributed by atoms with E-state index in [9.17, 15) is 8.78 Å². The molecule has 1 fully saturated rings. The molecule has 1 heterocycles. The predicted molar refractivity (Wildman–Crippen MR) is 42.5 cm³/mol. The van der Waals surface area contributed by atoms with Crippen LogP contribution in [0.3, 0.4) is 0 Å². The number of hydrazine groups is 2. The molecule has 0 unspecified atom stereocenters. The predicted octanol–water partition coefficient (Wildman–Crippen LogP) is 0.745. The Balaban J connectivity index is 2.12. The van der Waals surface area contributed by atoms with Gasteiger partial charge >= 0.3 is 0 Å². The second-order valence-electron chi connectivity index (χ2n) is 4.20. The maximum atomic E-state index is 12.3. The standard InChI is InChI=1S/C7H15F2N3/c1-6(2,3)10-11-12-4-7(8,9)5-12/h10-11H,4-5H2,1-3H3. The molecule has 0 bridgehead atoms. The third-order valence-electron chi connectivity index (χ3n) is 1.43. The van der Waals surface area contributed by atoms with Crippen molar-refractivity contribution in [1.82, 2.24) is 16.0 Å². The lowest BCUT2D eigenvalue weighted by atomic mass is 10.1. The summed E-state index contributed by atoms with van der Waals surface area (Å²) < 4.78 is 24.6. The van der Waals surface area contributed by atoms with Crippen LogP contribution >= 0.6 is 0 Å². The lowest BCUT2D eigenvalue weighted by Gasteiger charge is -2.40. The first-order valence-corrected chi connectivity index (χ1v) is 3.94. The fourth-order valence-electron chi connectivity index (χ4n) is 0.838. The van der Waals surface area contributed by atoms with Crippen LogP contribution in [0.5, 0.6) is 0 Å². The van der Waals surface area contributed by atoms with Gasteiger partial charge in [-0.25, -0.2) is 19.2 Å². The Morgan fingerprint density at radius 1 is 1.25 bits per heavy atom. The van der Waals surface area contributed by atoms with Crippen LogP contribution in [-0.2, 0) is 0 Å². The van der Waals surface area contributed by atoms with Gasteiger partial charge in [0.25, 0.3) is 5.92 Å². The summed E-state index contributed by atoms with van der Waals surface area (Å²) in [5, 5.41) is 1.45. The lowest BCUT2D eigenvalue weighted by molar-refractivity contribution is -0.159. The summed E-state index contributed by atoms with van der Waals surface area (Å²) in [4.78, 5) is 0. The summed E-state index contributed by atoms with van der Waals surface area (Å²) in [6.07, 6.45) is 0. The Bertz CT molecular complexity index is 157. The zero-order chi connectivity index (χ0) is 9.41. The first kappa shape index (κ1) is 9.83. The van der Waals surface area contributed by atoms with Gasteiger partial charge in [0, 0.05) is 5.54 Å². The summed E-state index contributed by atoms with van der Waals surface area (Å²) in [5.74, 6) is -2.51. The summed E-state index contributed by atoms with van der Waals surface area (Å²) in [6.45, 7) is 5.44. The zero-order valence-electron chi connectivity index (χ0n) is 7.62. The summed E-state index contributed by atoms with van der Waals surface area (Å²) in [7, 11) is 0. The molecule has 2 N–H and O–H groups in total. The molecule has 0 aromatic rings. The maximum absolute atomic E-state index is 12.3. The van der Waals surface area contributed by atoms with Crippen molar-refractivity contribution in [3.05, 3.63) is 0 Å². The molecule has 0 radical (unpaired) electrons. The van der Waals surface area contributed by atoms with Crippen LogP contribution in [0, 0.1) is 0 Å². The van der Waals surface area contributed by atoms with Crippen molar-refractivity contribution in [2.45, 2.75) is 32.2 Å². The normalized spacial score (nSPS) is 23.8. The van der Waals surface area contributed by atoms with Crippen LogP contribution in [0.1, 0.15) is 20.8 Å². The molecule has 0 aromatic heterocycles. The van der Waals surface area contributed by atoms with Crippen LogP contribution < -0.4 is 11.0 Å². The molecular formula is C7H15F2N3. The van der Waals surface area contributed by atoms with Gasteiger partial charge in [0.15, 0.2) is 0 Å². The molecule has 5 heteroatoms. The molecule has 1 aliphatic heterocycles. The maximum Gasteiger partial charge on any atom is 0.275 e. The first-order valence-electron chi connectivity index (χ1n) is 3.94. The molecular weight excluding hydrogens is 164 g/mol. The summed E-state index contributed by atoms with van der Waals surface area (Å²) >= 11 is 0. The van der Waals surface area contributed by atoms with E-state index in [1.807, 2.05) is 20.8 Å². The van der Waals surface area contributed by atoms with Crippen molar-refractivity contribution in [3.63, 3.8) is 0 Å². The van der Waals surface area contributed by atoms with E-state index in [4.69, 9.17) is 0 Å². The second-order valence-corrected chi connectivity index (χ2v) is 4.20. The highest BCUT2D eigenvalue weighted by Gasteiger charge is 2.44. The topological polar surface area (TPSA) is 27.3 Å². The van der Waals surface area contributed by atoms with E-state index < -0.39 is 5.92 Å². The molecule has 1 saturated heterocycles. The Labute approximate surface area is 71.1 Å². The average molecular weight is 179 g/mol. The molecule has 1 aliphatic rings. The van der Waals surface area contributed by atoms with Gasteiger partial charge in [-0.1, -0.05) is 0 Å². The molecule has 72 valence electrons. The number of halogens is 2. The lowest BCUT2D eigenvalue weighted by Crippen LogP contribution is -2.66. The van der Waals surface area contributed by atoms with Gasteiger partial charge < -0.3 is 0 Å². The molecule has 0 aliphatic carbocycles. The number of nitrogens with one attached hydrogen (secondary N) is 2. The van der Waals surface area contributed by atoms with Gasteiger partial charge in [0.1, 0.15) is 0 Å². The van der Waals surface area contributed by atoms with E-state index in [1.165, 1.54) is 5.01 Å². The SMILES string of the molecule is CC(C)(C)NNN1CC(F)(F)C1. The van der Waals surface area contributed by atoms with Gasteiger partial charge in [0.2, 0.25) is 0 Å². The van der Waals surface area contributed by atoms with E-state index in [2.05, 4.69) is 11.0 Å². The fraction of sp³-hybridized carbons (Fsp3) is 1.00. The van der Waals surface area contributed by atoms with E-state index in [1.54, 1.807) is 0 Å². The quantitative estimate of drug-likeness (QED) is 0.612. The first-order chi connectivity index (χ1) is 5.29. The van der Waals surface area contributed by atoms with Crippen LogP contribution in [-0.4, -0.2) is 29.6 Å². The van der Waals surface area contributed by atoms with Crippen molar-refractivity contribution in [2.24, 2.45) is 0 Å². The molecule has 1 rings (SSSR count). The Morgan fingerprint density at radius 2 is 1.75 bits per heavy atom. The Kier molecular flexibility index (Phi) is 2.38. The zero-order valence-corrected chi connectivity index (χ0v) is 7.62. The minimum Gasteiger partial charge on any atom is -0.239 e. The number of alkyl halides is 2. The summed E-state index contributed by atoms with van der Waals surface area (Å²) in [6, 6.07) is 0. The molecule has 0 spiro atoms. The van der Waals surface area contributed by atoms with Crippen molar-refractivity contribution in [1.29, 1.82) is 0 Å². The molecule has 0 saturated carbocycles. The molecule has 12 heavy (non-hydrogen) atoms. The number of rotatable bonds is 2. The minimum absolute atomic E-state index is 0.106. The van der Waals surface area contributed by atoms with Gasteiger partial charge in [-0.2, -0.15) is 5.53 Å². The third-order valence-corrected chi connectivity index (χ3v) is 1.43. The molecule has 3 nitrogen and oxygen atoms in total. The molecule has 0 aromatic carbocycles. The van der Waals surface area contributed by atoms with Crippen LogP contribution in [0.15, 0.2) is 0 Å². The fourth-order valence-corrected chi connectivity index (χ4v) is 0.838. The second kappa shape index (κ2) is 2.90. The van der Waals surface area contributed by atoms with Crippen molar-refractivity contribution in [3.8, 4) is 0 Å². The van der Waals surface area contributed by atoms with Crippen molar-refractivity contribution < 1.29 is 8.78 Å². The minimum atomic E-state index is -2.51.